The molecule has 112 valence electrons. The van der Waals surface area contributed by atoms with Gasteiger partial charge in [0.1, 0.15) is 17.4 Å². The molecular weight excluding hydrogens is 332 g/mol. The van der Waals surface area contributed by atoms with Crippen molar-refractivity contribution in [3.8, 4) is 11.6 Å². The van der Waals surface area contributed by atoms with Crippen LogP contribution in [0, 0.1) is 6.92 Å². The Labute approximate surface area is 133 Å². The number of anilines is 1. The molecule has 2 aromatic heterocycles. The average Bonchev–Trinajstić information content (AvgIpc) is 2.40. The van der Waals surface area contributed by atoms with Crippen LogP contribution in [-0.4, -0.2) is 22.0 Å². The van der Waals surface area contributed by atoms with Crippen LogP contribution in [0.1, 0.15) is 32.2 Å². The van der Waals surface area contributed by atoms with Gasteiger partial charge in [0.05, 0.1) is 11.8 Å². The predicted octanol–water partition coefficient (Wildman–Crippen LogP) is 4.07. The van der Waals surface area contributed by atoms with Crippen LogP contribution in [0.5, 0.6) is 11.6 Å². The standard InChI is InChI=1S/C15H19BrN4O/c1-9-12(17-5)19-14(15(2,3)4)20-13(9)21-11-6-10(16)7-18-8-11/h6-8H,1-5H3,(H,17,19,20). The molecule has 2 heterocycles. The SMILES string of the molecule is CNc1nc(C(C)(C)C)nc(Oc2cncc(Br)c2)c1C. The van der Waals surface area contributed by atoms with E-state index in [0.29, 0.717) is 11.6 Å². The number of pyridine rings is 1. The molecule has 5 nitrogen and oxygen atoms in total. The van der Waals surface area contributed by atoms with Crippen LogP contribution in [0.4, 0.5) is 5.82 Å². The molecule has 2 aromatic rings. The number of aromatic nitrogens is 3. The van der Waals surface area contributed by atoms with Crippen molar-refractivity contribution in [3.05, 3.63) is 34.3 Å². The maximum atomic E-state index is 5.88. The Morgan fingerprint density at radius 2 is 1.90 bits per heavy atom. The zero-order chi connectivity index (χ0) is 15.6. The first-order chi connectivity index (χ1) is 9.81. The number of hydrogen-bond acceptors (Lipinski definition) is 5. The van der Waals surface area contributed by atoms with Gasteiger partial charge in [-0.25, -0.2) is 4.98 Å². The summed E-state index contributed by atoms with van der Waals surface area (Å²) in [6.07, 6.45) is 3.36. The van der Waals surface area contributed by atoms with Gasteiger partial charge in [0.25, 0.3) is 0 Å². The van der Waals surface area contributed by atoms with Gasteiger partial charge in [0.15, 0.2) is 0 Å². The third-order valence-corrected chi connectivity index (χ3v) is 3.34. The van der Waals surface area contributed by atoms with Gasteiger partial charge in [-0.2, -0.15) is 4.98 Å². The normalized spacial score (nSPS) is 11.3. The van der Waals surface area contributed by atoms with Crippen molar-refractivity contribution in [3.63, 3.8) is 0 Å². The summed E-state index contributed by atoms with van der Waals surface area (Å²) in [5.41, 5.74) is 0.706. The zero-order valence-electron chi connectivity index (χ0n) is 12.9. The smallest absolute Gasteiger partial charge is 0.227 e. The van der Waals surface area contributed by atoms with Crippen LogP contribution >= 0.6 is 15.9 Å². The Bertz CT molecular complexity index is 653. The summed E-state index contributed by atoms with van der Waals surface area (Å²) in [6.45, 7) is 8.14. The first-order valence-corrected chi connectivity index (χ1v) is 7.46. The minimum atomic E-state index is -0.160. The topological polar surface area (TPSA) is 59.9 Å². The highest BCUT2D eigenvalue weighted by Gasteiger charge is 2.21. The van der Waals surface area contributed by atoms with Gasteiger partial charge in [-0.15, -0.1) is 0 Å². The molecule has 0 atom stereocenters. The molecule has 2 rings (SSSR count). The third-order valence-electron chi connectivity index (χ3n) is 2.90. The van der Waals surface area contributed by atoms with E-state index in [1.54, 1.807) is 12.4 Å². The Morgan fingerprint density at radius 1 is 1.19 bits per heavy atom. The summed E-state index contributed by atoms with van der Waals surface area (Å²) in [5, 5.41) is 3.09. The van der Waals surface area contributed by atoms with Crippen LogP contribution in [0.3, 0.4) is 0 Å². The minimum absolute atomic E-state index is 0.160. The van der Waals surface area contributed by atoms with Crippen LogP contribution in [0.2, 0.25) is 0 Å². The largest absolute Gasteiger partial charge is 0.437 e. The number of nitrogens with zero attached hydrogens (tertiary/aromatic N) is 3. The molecule has 21 heavy (non-hydrogen) atoms. The third kappa shape index (κ3) is 3.69. The molecule has 0 aliphatic carbocycles. The molecule has 0 unspecified atom stereocenters. The Hall–Kier alpha value is -1.69. The van der Waals surface area contributed by atoms with E-state index in [1.165, 1.54) is 0 Å². The quantitative estimate of drug-likeness (QED) is 0.903. The number of halogens is 1. The van der Waals surface area contributed by atoms with Crippen molar-refractivity contribution in [2.24, 2.45) is 0 Å². The fourth-order valence-electron chi connectivity index (χ4n) is 1.73. The molecule has 0 fully saturated rings. The Kier molecular flexibility index (Phi) is 4.46. The van der Waals surface area contributed by atoms with Crippen molar-refractivity contribution in [1.29, 1.82) is 0 Å². The molecule has 0 amide bonds. The summed E-state index contributed by atoms with van der Waals surface area (Å²) in [6, 6.07) is 1.85. The number of ether oxygens (including phenoxy) is 1. The fourth-order valence-corrected chi connectivity index (χ4v) is 2.08. The molecule has 0 radical (unpaired) electrons. The van der Waals surface area contributed by atoms with E-state index in [9.17, 15) is 0 Å². The Balaban J connectivity index is 2.47. The van der Waals surface area contributed by atoms with E-state index < -0.39 is 0 Å². The number of rotatable bonds is 3. The first-order valence-electron chi connectivity index (χ1n) is 6.66. The van der Waals surface area contributed by atoms with Gasteiger partial charge in [0.2, 0.25) is 5.88 Å². The summed E-state index contributed by atoms with van der Waals surface area (Å²) < 4.78 is 6.74. The van der Waals surface area contributed by atoms with Gasteiger partial charge in [-0.1, -0.05) is 20.8 Å². The van der Waals surface area contributed by atoms with E-state index in [2.05, 4.69) is 57.0 Å². The summed E-state index contributed by atoms with van der Waals surface area (Å²) in [4.78, 5) is 13.2. The van der Waals surface area contributed by atoms with Crippen LogP contribution < -0.4 is 10.1 Å². The van der Waals surface area contributed by atoms with Gasteiger partial charge in [-0.05, 0) is 28.9 Å². The van der Waals surface area contributed by atoms with Crippen LogP contribution in [0.25, 0.3) is 0 Å². The molecule has 1 N–H and O–H groups in total. The number of nitrogens with one attached hydrogen (secondary N) is 1. The minimum Gasteiger partial charge on any atom is -0.437 e. The molecule has 0 aliphatic rings. The monoisotopic (exact) mass is 350 g/mol. The summed E-state index contributed by atoms with van der Waals surface area (Å²) in [5.74, 6) is 2.68. The van der Waals surface area contributed by atoms with Gasteiger partial charge < -0.3 is 10.1 Å². The van der Waals surface area contributed by atoms with Crippen molar-refractivity contribution >= 4 is 21.7 Å². The molecule has 0 aliphatic heterocycles. The van der Waals surface area contributed by atoms with Gasteiger partial charge in [-0.3, -0.25) is 4.98 Å². The summed E-state index contributed by atoms with van der Waals surface area (Å²) >= 11 is 3.38. The fraction of sp³-hybridized carbons (Fsp3) is 0.400. The van der Waals surface area contributed by atoms with E-state index in [1.807, 2.05) is 20.0 Å². The molecule has 6 heteroatoms. The molecule has 0 bridgehead atoms. The van der Waals surface area contributed by atoms with Crippen LogP contribution in [0.15, 0.2) is 22.9 Å². The molecule has 0 saturated heterocycles. The number of hydrogen-bond donors (Lipinski definition) is 1. The lowest BCUT2D eigenvalue weighted by Gasteiger charge is -2.20. The zero-order valence-corrected chi connectivity index (χ0v) is 14.4. The highest BCUT2D eigenvalue weighted by molar-refractivity contribution is 9.10. The van der Waals surface area contributed by atoms with E-state index in [0.717, 1.165) is 21.7 Å². The first kappa shape index (κ1) is 15.7. The maximum Gasteiger partial charge on any atom is 0.227 e. The van der Waals surface area contributed by atoms with Crippen molar-refractivity contribution in [2.75, 3.05) is 12.4 Å². The van der Waals surface area contributed by atoms with Crippen LogP contribution in [-0.2, 0) is 5.41 Å². The van der Waals surface area contributed by atoms with Crippen molar-refractivity contribution < 1.29 is 4.74 Å². The molecule has 0 spiro atoms. The van der Waals surface area contributed by atoms with Crippen molar-refractivity contribution in [2.45, 2.75) is 33.1 Å². The van der Waals surface area contributed by atoms with E-state index in [-0.39, 0.29) is 5.41 Å². The van der Waals surface area contributed by atoms with Gasteiger partial charge >= 0.3 is 0 Å². The lowest BCUT2D eigenvalue weighted by Crippen LogP contribution is -2.18. The van der Waals surface area contributed by atoms with E-state index >= 15 is 0 Å². The second-order valence-electron chi connectivity index (χ2n) is 5.77. The molecule has 0 aromatic carbocycles. The lowest BCUT2D eigenvalue weighted by atomic mass is 9.95. The van der Waals surface area contributed by atoms with E-state index in [4.69, 9.17) is 4.74 Å². The van der Waals surface area contributed by atoms with Crippen molar-refractivity contribution in [1.82, 2.24) is 15.0 Å². The Morgan fingerprint density at radius 3 is 2.48 bits per heavy atom. The predicted molar refractivity (Wildman–Crippen MR) is 87.0 cm³/mol. The molecular formula is C15H19BrN4O. The van der Waals surface area contributed by atoms with Gasteiger partial charge in [0, 0.05) is 23.1 Å². The molecule has 0 saturated carbocycles. The second kappa shape index (κ2) is 5.97. The summed E-state index contributed by atoms with van der Waals surface area (Å²) in [7, 11) is 1.84. The highest BCUT2D eigenvalue weighted by atomic mass is 79.9. The maximum absolute atomic E-state index is 5.88. The highest BCUT2D eigenvalue weighted by Crippen LogP contribution is 2.30. The lowest BCUT2D eigenvalue weighted by molar-refractivity contribution is 0.440. The second-order valence-corrected chi connectivity index (χ2v) is 6.68. The average molecular weight is 351 g/mol.